The number of phenols is 2. The number of hydrogen-bond donors (Lipinski definition) is 4. The van der Waals surface area contributed by atoms with Gasteiger partial charge >= 0.3 is 0 Å². The third-order valence-corrected chi connectivity index (χ3v) is 2.80. The smallest absolute Gasteiger partial charge is 0.182 e. The van der Waals surface area contributed by atoms with Gasteiger partial charge in [-0.25, -0.2) is 0 Å². The lowest BCUT2D eigenvalue weighted by Gasteiger charge is -2.11. The van der Waals surface area contributed by atoms with Crippen LogP contribution in [-0.4, -0.2) is 20.4 Å². The Morgan fingerprint density at radius 1 is 0.833 bits per heavy atom. The molecule has 0 fully saturated rings. The number of para-hydroxylation sites is 2. The largest absolute Gasteiger partial charge is 0.508 e. The molecule has 2 rings (SSSR count). The highest BCUT2D eigenvalue weighted by atomic mass is 16.5. The van der Waals surface area contributed by atoms with Gasteiger partial charge in [0.1, 0.15) is 11.5 Å². The van der Waals surface area contributed by atoms with Crippen molar-refractivity contribution < 1.29 is 20.4 Å². The van der Waals surface area contributed by atoms with Crippen molar-refractivity contribution in [2.24, 2.45) is 0 Å². The number of hydrogen-bond acceptors (Lipinski definition) is 4. The van der Waals surface area contributed by atoms with Gasteiger partial charge in [-0.1, -0.05) is 36.4 Å². The van der Waals surface area contributed by atoms with E-state index in [1.54, 1.807) is 36.4 Å². The fourth-order valence-electron chi connectivity index (χ4n) is 1.83. The maximum atomic E-state index is 9.91. The van der Waals surface area contributed by atoms with Gasteiger partial charge in [0.15, 0.2) is 6.29 Å². The second kappa shape index (κ2) is 5.08. The first-order chi connectivity index (χ1) is 8.59. The zero-order valence-electron chi connectivity index (χ0n) is 9.61. The highest BCUT2D eigenvalue weighted by Gasteiger charge is 2.13. The van der Waals surface area contributed by atoms with Gasteiger partial charge in [-0.3, -0.25) is 0 Å². The van der Waals surface area contributed by atoms with Gasteiger partial charge in [-0.05, 0) is 17.2 Å². The molecule has 0 aliphatic heterocycles. The number of rotatable bonds is 3. The summed E-state index contributed by atoms with van der Waals surface area (Å²) in [7, 11) is 0. The third-order valence-electron chi connectivity index (χ3n) is 2.80. The number of phenolic OH excluding ortho intramolecular Hbond substituents is 2. The van der Waals surface area contributed by atoms with Gasteiger partial charge in [0, 0.05) is 12.0 Å². The lowest BCUT2D eigenvalue weighted by Crippen LogP contribution is -1.98. The lowest BCUT2D eigenvalue weighted by atomic mass is 10.0. The summed E-state index contributed by atoms with van der Waals surface area (Å²) in [5.74, 6) is -0.0115. The zero-order valence-corrected chi connectivity index (χ0v) is 9.61. The number of aromatic hydroxyl groups is 2. The van der Waals surface area contributed by atoms with Crippen LogP contribution in [0.5, 0.6) is 11.5 Å². The van der Waals surface area contributed by atoms with Crippen molar-refractivity contribution in [2.45, 2.75) is 12.7 Å². The summed E-state index contributed by atoms with van der Waals surface area (Å²) < 4.78 is 0. The topological polar surface area (TPSA) is 80.9 Å². The molecular weight excluding hydrogens is 232 g/mol. The van der Waals surface area contributed by atoms with E-state index in [9.17, 15) is 10.2 Å². The summed E-state index contributed by atoms with van der Waals surface area (Å²) >= 11 is 0. The molecule has 4 N–H and O–H groups in total. The van der Waals surface area contributed by atoms with E-state index in [0.29, 0.717) is 17.5 Å². The van der Waals surface area contributed by atoms with Crippen LogP contribution in [0.4, 0.5) is 0 Å². The summed E-state index contributed by atoms with van der Waals surface area (Å²) in [6, 6.07) is 11.6. The van der Waals surface area contributed by atoms with E-state index >= 15 is 0 Å². The molecule has 0 unspecified atom stereocenters. The van der Waals surface area contributed by atoms with Crippen LogP contribution in [-0.2, 0) is 6.42 Å². The Labute approximate surface area is 104 Å². The van der Waals surface area contributed by atoms with Crippen LogP contribution in [0.2, 0.25) is 0 Å². The van der Waals surface area contributed by atoms with Crippen LogP contribution in [0, 0.1) is 0 Å². The van der Waals surface area contributed by atoms with E-state index in [4.69, 9.17) is 10.2 Å². The zero-order chi connectivity index (χ0) is 13.1. The Bertz CT molecular complexity index is 549. The Kier molecular flexibility index (Phi) is 3.50. The van der Waals surface area contributed by atoms with Crippen LogP contribution in [0.25, 0.3) is 0 Å². The molecular formula is C14H14O4. The summed E-state index contributed by atoms with van der Waals surface area (Å²) in [5, 5.41) is 37.8. The molecule has 4 heteroatoms. The average Bonchev–Trinajstić information content (AvgIpc) is 2.34. The Morgan fingerprint density at radius 2 is 1.50 bits per heavy atom. The monoisotopic (exact) mass is 246 g/mol. The summed E-state index contributed by atoms with van der Waals surface area (Å²) in [4.78, 5) is 0. The number of aliphatic hydroxyl groups is 2. The molecule has 2 aromatic rings. The molecule has 18 heavy (non-hydrogen) atoms. The maximum absolute atomic E-state index is 9.91. The van der Waals surface area contributed by atoms with Gasteiger partial charge in [0.05, 0.1) is 0 Å². The van der Waals surface area contributed by atoms with Gasteiger partial charge < -0.3 is 20.4 Å². The lowest BCUT2D eigenvalue weighted by molar-refractivity contribution is -0.0439. The van der Waals surface area contributed by atoms with E-state index in [1.807, 2.05) is 0 Å². The van der Waals surface area contributed by atoms with E-state index < -0.39 is 6.29 Å². The van der Waals surface area contributed by atoms with Crippen LogP contribution in [0.15, 0.2) is 42.5 Å². The predicted octanol–water partition coefficient (Wildman–Crippen LogP) is 1.67. The first-order valence-corrected chi connectivity index (χ1v) is 5.53. The quantitative estimate of drug-likeness (QED) is 0.621. The SMILES string of the molecule is Oc1ccccc1Cc1cccc(C(O)O)c1O. The van der Waals surface area contributed by atoms with E-state index in [1.165, 1.54) is 6.07 Å². The molecule has 0 saturated heterocycles. The molecule has 4 nitrogen and oxygen atoms in total. The van der Waals surface area contributed by atoms with Crippen molar-refractivity contribution in [3.8, 4) is 11.5 Å². The Hall–Kier alpha value is -2.04. The highest BCUT2D eigenvalue weighted by Crippen LogP contribution is 2.30. The minimum atomic E-state index is -1.71. The molecule has 94 valence electrons. The normalized spacial score (nSPS) is 10.8. The minimum Gasteiger partial charge on any atom is -0.508 e. The van der Waals surface area contributed by atoms with Crippen molar-refractivity contribution in [3.63, 3.8) is 0 Å². The predicted molar refractivity (Wildman–Crippen MR) is 66.2 cm³/mol. The molecule has 0 aliphatic carbocycles. The van der Waals surface area contributed by atoms with Crippen molar-refractivity contribution in [2.75, 3.05) is 0 Å². The van der Waals surface area contributed by atoms with Gasteiger partial charge in [-0.15, -0.1) is 0 Å². The fraction of sp³-hybridized carbons (Fsp3) is 0.143. The molecule has 0 radical (unpaired) electrons. The summed E-state index contributed by atoms with van der Waals surface area (Å²) in [5.41, 5.74) is 1.25. The van der Waals surface area contributed by atoms with Gasteiger partial charge in [0.2, 0.25) is 0 Å². The highest BCUT2D eigenvalue weighted by molar-refractivity contribution is 5.45. The molecule has 2 aromatic carbocycles. The molecule has 0 aliphatic rings. The molecule has 0 bridgehead atoms. The average molecular weight is 246 g/mol. The number of benzene rings is 2. The van der Waals surface area contributed by atoms with Crippen molar-refractivity contribution in [3.05, 3.63) is 59.2 Å². The van der Waals surface area contributed by atoms with E-state index in [2.05, 4.69) is 0 Å². The first kappa shape index (κ1) is 12.4. The standard InChI is InChI=1S/C14H14O4/c15-12-7-2-1-4-9(12)8-10-5-3-6-11(13(10)16)14(17)18/h1-7,14-18H,8H2. The minimum absolute atomic E-state index is 0.0583. The second-order valence-electron chi connectivity index (χ2n) is 4.03. The van der Waals surface area contributed by atoms with Crippen molar-refractivity contribution >= 4 is 0 Å². The Balaban J connectivity index is 2.36. The molecule has 0 atom stereocenters. The number of aliphatic hydroxyl groups excluding tert-OH is 1. The molecule has 0 saturated carbocycles. The first-order valence-electron chi connectivity index (χ1n) is 5.53. The van der Waals surface area contributed by atoms with Crippen LogP contribution < -0.4 is 0 Å². The molecule has 0 amide bonds. The Morgan fingerprint density at radius 3 is 2.17 bits per heavy atom. The molecule has 0 spiro atoms. The third kappa shape index (κ3) is 2.45. The maximum Gasteiger partial charge on any atom is 0.182 e. The van der Waals surface area contributed by atoms with E-state index in [-0.39, 0.29) is 17.1 Å². The fourth-order valence-corrected chi connectivity index (χ4v) is 1.83. The molecule has 0 heterocycles. The van der Waals surface area contributed by atoms with Gasteiger partial charge in [0.25, 0.3) is 0 Å². The van der Waals surface area contributed by atoms with Gasteiger partial charge in [-0.2, -0.15) is 0 Å². The van der Waals surface area contributed by atoms with Crippen molar-refractivity contribution in [1.82, 2.24) is 0 Å². The van der Waals surface area contributed by atoms with Crippen molar-refractivity contribution in [1.29, 1.82) is 0 Å². The second-order valence-corrected chi connectivity index (χ2v) is 4.03. The van der Waals surface area contributed by atoms with Crippen LogP contribution >= 0.6 is 0 Å². The van der Waals surface area contributed by atoms with Crippen LogP contribution in [0.1, 0.15) is 23.0 Å². The van der Waals surface area contributed by atoms with E-state index in [0.717, 1.165) is 0 Å². The summed E-state index contributed by atoms with van der Waals surface area (Å²) in [6.07, 6.45) is -1.40. The van der Waals surface area contributed by atoms with Crippen LogP contribution in [0.3, 0.4) is 0 Å². The summed E-state index contributed by atoms with van der Waals surface area (Å²) in [6.45, 7) is 0. The molecule has 0 aromatic heterocycles.